The summed E-state index contributed by atoms with van der Waals surface area (Å²) in [6.45, 7) is 4.22. The van der Waals surface area contributed by atoms with Crippen molar-refractivity contribution in [2.24, 2.45) is 0 Å². The number of nitrogens with one attached hydrogen (secondary N) is 1. The van der Waals surface area contributed by atoms with E-state index in [0.717, 1.165) is 25.9 Å². The Morgan fingerprint density at radius 1 is 1.22 bits per heavy atom. The third-order valence-electron chi connectivity index (χ3n) is 3.38. The molecule has 0 saturated carbocycles. The summed E-state index contributed by atoms with van der Waals surface area (Å²) in [5.74, 6) is 0. The molecule has 0 aromatic heterocycles. The molecule has 1 aliphatic heterocycles. The van der Waals surface area contributed by atoms with Crippen LogP contribution in [-0.2, 0) is 10.0 Å². The van der Waals surface area contributed by atoms with Crippen LogP contribution in [0.5, 0.6) is 0 Å². The lowest BCUT2D eigenvalue weighted by molar-refractivity contribution is 0.271. The van der Waals surface area contributed by atoms with Crippen molar-refractivity contribution in [3.05, 3.63) is 30.3 Å². The Kier molecular flexibility index (Phi) is 4.37. The Hall–Kier alpha value is -0.910. The first kappa shape index (κ1) is 13.5. The predicted molar refractivity (Wildman–Crippen MR) is 71.9 cm³/mol. The summed E-state index contributed by atoms with van der Waals surface area (Å²) in [6, 6.07) is 8.83. The molecule has 4 nitrogen and oxygen atoms in total. The number of piperidine rings is 1. The zero-order valence-electron chi connectivity index (χ0n) is 10.7. The van der Waals surface area contributed by atoms with Crippen molar-refractivity contribution in [3.8, 4) is 0 Å². The van der Waals surface area contributed by atoms with Crippen molar-refractivity contribution in [2.75, 3.05) is 19.6 Å². The molecule has 0 aliphatic carbocycles. The van der Waals surface area contributed by atoms with Crippen molar-refractivity contribution in [3.63, 3.8) is 0 Å². The van der Waals surface area contributed by atoms with Crippen molar-refractivity contribution >= 4 is 10.0 Å². The molecule has 0 amide bonds. The van der Waals surface area contributed by atoms with Crippen molar-refractivity contribution in [1.82, 2.24) is 9.62 Å². The summed E-state index contributed by atoms with van der Waals surface area (Å²) >= 11 is 0. The molecule has 1 aromatic carbocycles. The molecule has 0 bridgehead atoms. The average molecular weight is 268 g/mol. The highest BCUT2D eigenvalue weighted by atomic mass is 32.2. The lowest BCUT2D eigenvalue weighted by atomic mass is 10.1. The fourth-order valence-electron chi connectivity index (χ4n) is 2.45. The molecule has 1 aliphatic rings. The van der Waals surface area contributed by atoms with Crippen LogP contribution in [0, 0.1) is 0 Å². The van der Waals surface area contributed by atoms with Crippen molar-refractivity contribution < 1.29 is 8.42 Å². The molecular weight excluding hydrogens is 248 g/mol. The molecule has 1 saturated heterocycles. The SMILES string of the molecule is CCN(C1CCNCC1)S(=O)(=O)c1ccccc1. The highest BCUT2D eigenvalue weighted by Gasteiger charge is 2.30. The van der Waals surface area contributed by atoms with Gasteiger partial charge < -0.3 is 5.32 Å². The van der Waals surface area contributed by atoms with Gasteiger partial charge >= 0.3 is 0 Å². The zero-order valence-corrected chi connectivity index (χ0v) is 11.5. The molecule has 2 rings (SSSR count). The number of sulfonamides is 1. The summed E-state index contributed by atoms with van der Waals surface area (Å²) in [5.41, 5.74) is 0. The topological polar surface area (TPSA) is 49.4 Å². The number of rotatable bonds is 4. The second-order valence-electron chi connectivity index (χ2n) is 4.50. The summed E-state index contributed by atoms with van der Waals surface area (Å²) < 4.78 is 26.8. The van der Waals surface area contributed by atoms with E-state index in [0.29, 0.717) is 11.4 Å². The number of nitrogens with zero attached hydrogens (tertiary/aromatic N) is 1. The maximum atomic E-state index is 12.6. The van der Waals surface area contributed by atoms with Crippen LogP contribution >= 0.6 is 0 Å². The summed E-state index contributed by atoms with van der Waals surface area (Å²) in [6.07, 6.45) is 1.78. The van der Waals surface area contributed by atoms with Crippen LogP contribution in [0.1, 0.15) is 19.8 Å². The normalized spacial score (nSPS) is 18.1. The molecule has 1 aromatic rings. The van der Waals surface area contributed by atoms with E-state index in [1.165, 1.54) is 0 Å². The molecule has 0 atom stereocenters. The molecule has 0 spiro atoms. The molecule has 5 heteroatoms. The Labute approximate surface area is 109 Å². The smallest absolute Gasteiger partial charge is 0.243 e. The maximum Gasteiger partial charge on any atom is 0.243 e. The van der Waals surface area contributed by atoms with Gasteiger partial charge in [-0.05, 0) is 38.1 Å². The zero-order chi connectivity index (χ0) is 13.0. The minimum atomic E-state index is -3.35. The van der Waals surface area contributed by atoms with E-state index in [9.17, 15) is 8.42 Å². The van der Waals surface area contributed by atoms with Gasteiger partial charge in [0, 0.05) is 12.6 Å². The van der Waals surface area contributed by atoms with E-state index in [-0.39, 0.29) is 6.04 Å². The lowest BCUT2D eigenvalue weighted by Crippen LogP contribution is -2.45. The third-order valence-corrected chi connectivity index (χ3v) is 5.42. The van der Waals surface area contributed by atoms with Gasteiger partial charge in [-0.3, -0.25) is 0 Å². The molecule has 1 heterocycles. The summed E-state index contributed by atoms with van der Waals surface area (Å²) in [4.78, 5) is 0.394. The van der Waals surface area contributed by atoms with Crippen LogP contribution in [0.4, 0.5) is 0 Å². The molecule has 0 unspecified atom stereocenters. The number of hydrogen-bond donors (Lipinski definition) is 1. The van der Waals surface area contributed by atoms with E-state index in [2.05, 4.69) is 5.32 Å². The van der Waals surface area contributed by atoms with Crippen LogP contribution in [-0.4, -0.2) is 38.4 Å². The monoisotopic (exact) mass is 268 g/mol. The van der Waals surface area contributed by atoms with E-state index < -0.39 is 10.0 Å². The molecule has 0 radical (unpaired) electrons. The minimum absolute atomic E-state index is 0.126. The van der Waals surface area contributed by atoms with E-state index in [1.54, 1.807) is 28.6 Å². The van der Waals surface area contributed by atoms with Crippen LogP contribution in [0.25, 0.3) is 0 Å². The van der Waals surface area contributed by atoms with Gasteiger partial charge in [0.05, 0.1) is 4.90 Å². The Bertz CT molecular complexity index is 467. The second kappa shape index (κ2) is 5.82. The molecule has 18 heavy (non-hydrogen) atoms. The first-order valence-corrected chi connectivity index (χ1v) is 7.88. The van der Waals surface area contributed by atoms with Crippen molar-refractivity contribution in [2.45, 2.75) is 30.7 Å². The van der Waals surface area contributed by atoms with E-state index in [4.69, 9.17) is 0 Å². The van der Waals surface area contributed by atoms with Gasteiger partial charge in [0.1, 0.15) is 0 Å². The maximum absolute atomic E-state index is 12.6. The van der Waals surface area contributed by atoms with E-state index >= 15 is 0 Å². The predicted octanol–water partition coefficient (Wildman–Crippen LogP) is 1.45. The van der Waals surface area contributed by atoms with E-state index in [1.807, 2.05) is 13.0 Å². The highest BCUT2D eigenvalue weighted by molar-refractivity contribution is 7.89. The van der Waals surface area contributed by atoms with Gasteiger partial charge in [0.15, 0.2) is 0 Å². The lowest BCUT2D eigenvalue weighted by Gasteiger charge is -2.32. The second-order valence-corrected chi connectivity index (χ2v) is 6.39. The quantitative estimate of drug-likeness (QED) is 0.899. The Morgan fingerprint density at radius 2 is 1.83 bits per heavy atom. The fraction of sp³-hybridized carbons (Fsp3) is 0.538. The molecular formula is C13H20N2O2S. The first-order chi connectivity index (χ1) is 8.66. The highest BCUT2D eigenvalue weighted by Crippen LogP contribution is 2.21. The first-order valence-electron chi connectivity index (χ1n) is 6.44. The Balaban J connectivity index is 2.26. The number of benzene rings is 1. The van der Waals surface area contributed by atoms with Crippen LogP contribution in [0.2, 0.25) is 0 Å². The average Bonchev–Trinajstić information content (AvgIpc) is 2.41. The van der Waals surface area contributed by atoms with Gasteiger partial charge in [-0.1, -0.05) is 25.1 Å². The molecule has 1 fully saturated rings. The van der Waals surface area contributed by atoms with Crippen LogP contribution in [0.3, 0.4) is 0 Å². The Morgan fingerprint density at radius 3 is 2.39 bits per heavy atom. The molecule has 100 valence electrons. The van der Waals surface area contributed by atoms with Gasteiger partial charge in [-0.15, -0.1) is 0 Å². The van der Waals surface area contributed by atoms with Gasteiger partial charge in [0.25, 0.3) is 0 Å². The standard InChI is InChI=1S/C13H20N2O2S/c1-2-15(12-8-10-14-11-9-12)18(16,17)13-6-4-3-5-7-13/h3-7,12,14H,2,8-11H2,1H3. The van der Waals surface area contributed by atoms with Gasteiger partial charge in [-0.2, -0.15) is 4.31 Å². The van der Waals surface area contributed by atoms with Crippen LogP contribution < -0.4 is 5.32 Å². The largest absolute Gasteiger partial charge is 0.317 e. The van der Waals surface area contributed by atoms with Crippen molar-refractivity contribution in [1.29, 1.82) is 0 Å². The van der Waals surface area contributed by atoms with Gasteiger partial charge in [0.2, 0.25) is 10.0 Å². The summed E-state index contributed by atoms with van der Waals surface area (Å²) in [5, 5.41) is 3.26. The summed E-state index contributed by atoms with van der Waals surface area (Å²) in [7, 11) is -3.35. The van der Waals surface area contributed by atoms with Gasteiger partial charge in [-0.25, -0.2) is 8.42 Å². The number of hydrogen-bond acceptors (Lipinski definition) is 3. The minimum Gasteiger partial charge on any atom is -0.317 e. The molecule has 1 N–H and O–H groups in total. The fourth-order valence-corrected chi connectivity index (χ4v) is 4.16. The van der Waals surface area contributed by atoms with Crippen LogP contribution in [0.15, 0.2) is 35.2 Å². The third kappa shape index (κ3) is 2.74.